The Kier molecular flexibility index (Phi) is 4.45. The van der Waals surface area contributed by atoms with E-state index in [9.17, 15) is 8.78 Å². The van der Waals surface area contributed by atoms with Crippen molar-refractivity contribution in [2.24, 2.45) is 0 Å². The van der Waals surface area contributed by atoms with Crippen LogP contribution in [0.25, 0.3) is 0 Å². The number of nitrogens with zero attached hydrogens (tertiary/aromatic N) is 2. The maximum atomic E-state index is 12.9. The summed E-state index contributed by atoms with van der Waals surface area (Å²) >= 11 is 5.81. The molecule has 1 aromatic heterocycles. The number of halogens is 3. The molecule has 0 unspecified atom stereocenters. The van der Waals surface area contributed by atoms with Gasteiger partial charge in [-0.25, -0.2) is 18.7 Å². The predicted molar refractivity (Wildman–Crippen MR) is 66.3 cm³/mol. The second kappa shape index (κ2) is 5.32. The number of aliphatic hydroxyl groups excluding tert-OH is 1. The average molecular weight is 280 g/mol. The molecule has 0 bridgehead atoms. The summed E-state index contributed by atoms with van der Waals surface area (Å²) in [5, 5.41) is 11.1. The van der Waals surface area contributed by atoms with E-state index < -0.39 is 19.1 Å². The third-order valence-corrected chi connectivity index (χ3v) is 2.32. The van der Waals surface area contributed by atoms with Crippen molar-refractivity contribution in [2.75, 3.05) is 18.5 Å². The predicted octanol–water partition coefficient (Wildman–Crippen LogP) is 2.47. The molecule has 1 aromatic rings. The van der Waals surface area contributed by atoms with E-state index >= 15 is 0 Å². The van der Waals surface area contributed by atoms with Crippen LogP contribution in [0.1, 0.15) is 26.6 Å². The van der Waals surface area contributed by atoms with Crippen LogP contribution in [-0.4, -0.2) is 34.1 Å². The van der Waals surface area contributed by atoms with Crippen LogP contribution in [0.3, 0.4) is 0 Å². The van der Waals surface area contributed by atoms with Gasteiger partial charge in [-0.05, 0) is 0 Å². The van der Waals surface area contributed by atoms with E-state index in [4.69, 9.17) is 16.7 Å². The number of hydrogen-bond donors (Lipinski definition) is 2. The molecule has 18 heavy (non-hydrogen) atoms. The Morgan fingerprint density at radius 3 is 2.44 bits per heavy atom. The largest absolute Gasteiger partial charge is 0.390 e. The normalized spacial score (nSPS) is 12.6. The Labute approximate surface area is 109 Å². The minimum absolute atomic E-state index is 0.185. The highest BCUT2D eigenvalue weighted by Gasteiger charge is 2.28. The van der Waals surface area contributed by atoms with Crippen molar-refractivity contribution in [3.8, 4) is 0 Å². The van der Waals surface area contributed by atoms with E-state index in [1.165, 1.54) is 6.07 Å². The Hall–Kier alpha value is -1.01. The molecule has 2 N–H and O–H groups in total. The molecule has 0 saturated carbocycles. The van der Waals surface area contributed by atoms with Gasteiger partial charge >= 0.3 is 0 Å². The smallest absolute Gasteiger partial charge is 0.287 e. The molecule has 0 saturated heterocycles. The lowest BCUT2D eigenvalue weighted by atomic mass is 9.96. The highest BCUT2D eigenvalue weighted by Crippen LogP contribution is 2.22. The fraction of sp³-hybridized carbons (Fsp3) is 0.636. The Bertz CT molecular complexity index is 421. The van der Waals surface area contributed by atoms with Gasteiger partial charge < -0.3 is 10.4 Å². The van der Waals surface area contributed by atoms with Gasteiger partial charge in [0.05, 0.1) is 6.54 Å². The van der Waals surface area contributed by atoms with Crippen molar-refractivity contribution in [2.45, 2.75) is 32.1 Å². The van der Waals surface area contributed by atoms with Gasteiger partial charge in [0.2, 0.25) is 0 Å². The molecule has 0 atom stereocenters. The Morgan fingerprint density at radius 2 is 1.94 bits per heavy atom. The van der Waals surface area contributed by atoms with Crippen molar-refractivity contribution in [1.29, 1.82) is 0 Å². The van der Waals surface area contributed by atoms with E-state index in [0.717, 1.165) is 0 Å². The summed E-state index contributed by atoms with van der Waals surface area (Å²) in [5.74, 6) is -2.52. The van der Waals surface area contributed by atoms with Gasteiger partial charge in [0.15, 0.2) is 0 Å². The maximum Gasteiger partial charge on any atom is 0.287 e. The van der Waals surface area contributed by atoms with E-state index in [0.29, 0.717) is 5.82 Å². The SMILES string of the molecule is CC(C)(C)c1nc(Cl)cc(NCC(F)(F)CO)n1. The molecular formula is C11H16ClF2N3O. The molecule has 0 aliphatic carbocycles. The van der Waals surface area contributed by atoms with Crippen molar-refractivity contribution < 1.29 is 13.9 Å². The van der Waals surface area contributed by atoms with Gasteiger partial charge in [0.1, 0.15) is 23.4 Å². The number of rotatable bonds is 4. The summed E-state index contributed by atoms with van der Waals surface area (Å²) in [4.78, 5) is 8.17. The molecule has 4 nitrogen and oxygen atoms in total. The molecule has 0 aromatic carbocycles. The molecule has 0 spiro atoms. The van der Waals surface area contributed by atoms with Gasteiger partial charge in [-0.3, -0.25) is 0 Å². The van der Waals surface area contributed by atoms with Crippen LogP contribution in [0, 0.1) is 0 Å². The highest BCUT2D eigenvalue weighted by molar-refractivity contribution is 6.29. The van der Waals surface area contributed by atoms with Crippen molar-refractivity contribution in [3.63, 3.8) is 0 Å². The van der Waals surface area contributed by atoms with Gasteiger partial charge in [0.25, 0.3) is 5.92 Å². The number of aliphatic hydroxyl groups is 1. The van der Waals surface area contributed by atoms with Crippen molar-refractivity contribution in [1.82, 2.24) is 9.97 Å². The molecule has 0 aliphatic heterocycles. The van der Waals surface area contributed by atoms with Crippen LogP contribution in [0.2, 0.25) is 5.15 Å². The summed E-state index contributed by atoms with van der Waals surface area (Å²) in [6, 6.07) is 1.37. The van der Waals surface area contributed by atoms with E-state index in [1.807, 2.05) is 20.8 Å². The Balaban J connectivity index is 2.88. The highest BCUT2D eigenvalue weighted by atomic mass is 35.5. The first kappa shape index (κ1) is 15.0. The first-order valence-corrected chi connectivity index (χ1v) is 5.79. The molecule has 0 fully saturated rings. The van der Waals surface area contributed by atoms with Gasteiger partial charge in [-0.1, -0.05) is 32.4 Å². The summed E-state index contributed by atoms with van der Waals surface area (Å²) in [7, 11) is 0. The molecular weight excluding hydrogens is 264 g/mol. The molecule has 1 rings (SSSR count). The number of hydrogen-bond acceptors (Lipinski definition) is 4. The summed E-state index contributed by atoms with van der Waals surface area (Å²) in [6.07, 6.45) is 0. The maximum absolute atomic E-state index is 12.9. The second-order valence-electron chi connectivity index (χ2n) is 5.02. The third kappa shape index (κ3) is 4.34. The van der Waals surface area contributed by atoms with Gasteiger partial charge in [0, 0.05) is 11.5 Å². The lowest BCUT2D eigenvalue weighted by Crippen LogP contribution is -2.31. The van der Waals surface area contributed by atoms with Crippen molar-refractivity contribution >= 4 is 17.4 Å². The molecule has 0 amide bonds. The van der Waals surface area contributed by atoms with Crippen LogP contribution in [0.4, 0.5) is 14.6 Å². The number of nitrogens with one attached hydrogen (secondary N) is 1. The number of alkyl halides is 2. The van der Waals surface area contributed by atoms with Gasteiger partial charge in [-0.2, -0.15) is 0 Å². The zero-order valence-electron chi connectivity index (χ0n) is 10.5. The number of aromatic nitrogens is 2. The summed E-state index contributed by atoms with van der Waals surface area (Å²) < 4.78 is 25.8. The standard InChI is InChI=1S/C11H16ClF2N3O/c1-10(2,3)9-16-7(12)4-8(17-9)15-5-11(13,14)6-18/h4,18H,5-6H2,1-3H3,(H,15,16,17). The first-order valence-electron chi connectivity index (χ1n) is 5.42. The van der Waals surface area contributed by atoms with Gasteiger partial charge in [-0.15, -0.1) is 0 Å². The zero-order valence-corrected chi connectivity index (χ0v) is 11.2. The quantitative estimate of drug-likeness (QED) is 0.832. The van der Waals surface area contributed by atoms with E-state index in [1.54, 1.807) is 0 Å². The zero-order chi connectivity index (χ0) is 14.0. The minimum atomic E-state index is -3.20. The fourth-order valence-corrected chi connectivity index (χ4v) is 1.30. The minimum Gasteiger partial charge on any atom is -0.390 e. The lowest BCUT2D eigenvalue weighted by Gasteiger charge is -2.19. The molecule has 7 heteroatoms. The molecule has 102 valence electrons. The van der Waals surface area contributed by atoms with Crippen LogP contribution in [0.5, 0.6) is 0 Å². The van der Waals surface area contributed by atoms with Crippen molar-refractivity contribution in [3.05, 3.63) is 17.0 Å². The van der Waals surface area contributed by atoms with Crippen LogP contribution >= 0.6 is 11.6 Å². The number of anilines is 1. The van der Waals surface area contributed by atoms with E-state index in [2.05, 4.69) is 15.3 Å². The molecule has 1 heterocycles. The van der Waals surface area contributed by atoms with Crippen LogP contribution in [0.15, 0.2) is 6.07 Å². The van der Waals surface area contributed by atoms with Crippen LogP contribution < -0.4 is 5.32 Å². The first-order chi connectivity index (χ1) is 8.14. The summed E-state index contributed by atoms with van der Waals surface area (Å²) in [6.45, 7) is 3.76. The third-order valence-electron chi connectivity index (χ3n) is 2.13. The molecule has 0 radical (unpaired) electrons. The topological polar surface area (TPSA) is 58.0 Å². The monoisotopic (exact) mass is 279 g/mol. The average Bonchev–Trinajstić information content (AvgIpc) is 2.25. The van der Waals surface area contributed by atoms with E-state index in [-0.39, 0.29) is 16.4 Å². The van der Waals surface area contributed by atoms with Crippen LogP contribution in [-0.2, 0) is 5.41 Å². The molecule has 0 aliphatic rings. The lowest BCUT2D eigenvalue weighted by molar-refractivity contribution is -0.0373. The summed E-state index contributed by atoms with van der Waals surface area (Å²) in [5.41, 5.74) is -0.333. The second-order valence-corrected chi connectivity index (χ2v) is 5.40. The Morgan fingerprint density at radius 1 is 1.33 bits per heavy atom. The fourth-order valence-electron chi connectivity index (χ4n) is 1.12.